The van der Waals surface area contributed by atoms with Crippen molar-refractivity contribution in [3.05, 3.63) is 70.5 Å². The summed E-state index contributed by atoms with van der Waals surface area (Å²) in [5, 5.41) is 12.1. The van der Waals surface area contributed by atoms with Gasteiger partial charge in [0, 0.05) is 5.69 Å². The minimum atomic E-state index is -1.46. The number of ether oxygens (including phenoxy) is 1. The zero-order chi connectivity index (χ0) is 26.4. The Morgan fingerprint density at radius 3 is 2.47 bits per heavy atom. The number of nitrogens with two attached hydrogens (primary N) is 2. The first-order chi connectivity index (χ1) is 17.1. The Balaban J connectivity index is 2.15. The third-order valence-corrected chi connectivity index (χ3v) is 5.74. The number of nitrogens with one attached hydrogen (secondary N) is 1. The molecule has 0 bridgehead atoms. The molecule has 0 aliphatic carbocycles. The number of aromatic hydroxyl groups is 1. The molecule has 0 spiro atoms. The van der Waals surface area contributed by atoms with Gasteiger partial charge in [0.05, 0.1) is 12.3 Å². The standard InChI is InChI=1S/C23H22FN5O6S/c1-2-35-16(31)11-27-22(33)19(12-6-8-15(30)9-7-12)29(14-5-3-4-13(24)10-14)23(34)20-17(25)18(21(26)32)28-36-20/h3-10,19,30H,2,11,25H2,1H3,(H2,26,32)(H,27,33)/t19-/m0/s1. The van der Waals surface area contributed by atoms with Crippen LogP contribution in [0.15, 0.2) is 48.5 Å². The van der Waals surface area contributed by atoms with Crippen LogP contribution in [0.5, 0.6) is 5.75 Å². The molecule has 188 valence electrons. The van der Waals surface area contributed by atoms with E-state index in [0.29, 0.717) is 11.5 Å². The van der Waals surface area contributed by atoms with Gasteiger partial charge in [-0.05, 0) is 54.4 Å². The number of hydrogen-bond donors (Lipinski definition) is 4. The second-order valence-electron chi connectivity index (χ2n) is 7.31. The zero-order valence-corrected chi connectivity index (χ0v) is 19.8. The van der Waals surface area contributed by atoms with Gasteiger partial charge in [-0.2, -0.15) is 4.37 Å². The fraction of sp³-hybridized carbons (Fsp3) is 0.174. The lowest BCUT2D eigenvalue weighted by Gasteiger charge is -2.31. The second kappa shape index (κ2) is 11.3. The molecule has 1 atom stereocenters. The Morgan fingerprint density at radius 1 is 1.19 bits per heavy atom. The normalized spacial score (nSPS) is 11.4. The number of rotatable bonds is 9. The Bertz CT molecular complexity index is 1300. The van der Waals surface area contributed by atoms with Crippen LogP contribution in [0.4, 0.5) is 15.8 Å². The zero-order valence-electron chi connectivity index (χ0n) is 18.9. The van der Waals surface area contributed by atoms with Crippen molar-refractivity contribution in [2.75, 3.05) is 23.8 Å². The van der Waals surface area contributed by atoms with Crippen molar-refractivity contribution in [2.45, 2.75) is 13.0 Å². The Kier molecular flexibility index (Phi) is 8.17. The number of primary amides is 1. The number of phenols is 1. The Morgan fingerprint density at radius 2 is 1.89 bits per heavy atom. The number of hydrogen-bond acceptors (Lipinski definition) is 9. The summed E-state index contributed by atoms with van der Waals surface area (Å²) in [6.07, 6.45) is 0. The maximum atomic E-state index is 14.2. The Hall–Kier alpha value is -4.52. The van der Waals surface area contributed by atoms with E-state index in [0.717, 1.165) is 17.0 Å². The average Bonchev–Trinajstić information content (AvgIpc) is 3.23. The minimum Gasteiger partial charge on any atom is -0.508 e. The number of halogens is 1. The van der Waals surface area contributed by atoms with E-state index in [1.54, 1.807) is 6.92 Å². The smallest absolute Gasteiger partial charge is 0.325 e. The lowest BCUT2D eigenvalue weighted by atomic mass is 10.0. The first-order valence-corrected chi connectivity index (χ1v) is 11.3. The predicted molar refractivity (Wildman–Crippen MR) is 129 cm³/mol. The van der Waals surface area contributed by atoms with Crippen molar-refractivity contribution in [3.63, 3.8) is 0 Å². The van der Waals surface area contributed by atoms with Crippen molar-refractivity contribution < 1.29 is 33.4 Å². The molecule has 0 radical (unpaired) electrons. The number of nitrogen functional groups attached to an aromatic ring is 1. The van der Waals surface area contributed by atoms with Gasteiger partial charge in [0.1, 0.15) is 29.0 Å². The first-order valence-electron chi connectivity index (χ1n) is 10.5. The molecule has 1 heterocycles. The third-order valence-electron chi connectivity index (χ3n) is 4.89. The molecule has 3 amide bonds. The molecule has 3 rings (SSSR count). The van der Waals surface area contributed by atoms with Crippen molar-refractivity contribution >= 4 is 46.6 Å². The highest BCUT2D eigenvalue weighted by molar-refractivity contribution is 7.09. The van der Waals surface area contributed by atoms with Crippen LogP contribution in [0.2, 0.25) is 0 Å². The van der Waals surface area contributed by atoms with Crippen LogP contribution in [-0.2, 0) is 14.3 Å². The number of nitrogens with zero attached hydrogens (tertiary/aromatic N) is 2. The SMILES string of the molecule is CCOC(=O)CNC(=O)[C@H](c1ccc(O)cc1)N(C(=O)c1snc(C(N)=O)c1N)c1cccc(F)c1. The van der Waals surface area contributed by atoms with Gasteiger partial charge in [-0.3, -0.25) is 24.1 Å². The fourth-order valence-corrected chi connectivity index (χ4v) is 4.03. The van der Waals surface area contributed by atoms with E-state index in [1.165, 1.54) is 36.4 Å². The number of amides is 3. The van der Waals surface area contributed by atoms with Crippen LogP contribution < -0.4 is 21.7 Å². The van der Waals surface area contributed by atoms with Crippen LogP contribution in [0.1, 0.15) is 38.7 Å². The van der Waals surface area contributed by atoms with E-state index in [9.17, 15) is 28.7 Å². The molecule has 0 saturated carbocycles. The van der Waals surface area contributed by atoms with Gasteiger partial charge < -0.3 is 26.6 Å². The molecule has 1 aromatic heterocycles. The number of benzene rings is 2. The van der Waals surface area contributed by atoms with Gasteiger partial charge in [0.15, 0.2) is 5.69 Å². The largest absolute Gasteiger partial charge is 0.508 e. The molecule has 11 nitrogen and oxygen atoms in total. The quantitative estimate of drug-likeness (QED) is 0.311. The highest BCUT2D eigenvalue weighted by Crippen LogP contribution is 2.33. The summed E-state index contributed by atoms with van der Waals surface area (Å²) in [7, 11) is 0. The van der Waals surface area contributed by atoms with Crippen LogP contribution >= 0.6 is 11.5 Å². The van der Waals surface area contributed by atoms with Gasteiger partial charge in [0.25, 0.3) is 11.8 Å². The molecule has 0 fully saturated rings. The molecule has 0 aliphatic rings. The lowest BCUT2D eigenvalue weighted by molar-refractivity contribution is -0.143. The van der Waals surface area contributed by atoms with Gasteiger partial charge >= 0.3 is 5.97 Å². The summed E-state index contributed by atoms with van der Waals surface area (Å²) < 4.78 is 22.9. The molecule has 0 unspecified atom stereocenters. The number of carbonyl (C=O) groups excluding carboxylic acids is 4. The molecule has 0 aliphatic heterocycles. The summed E-state index contributed by atoms with van der Waals surface area (Å²) in [6.45, 7) is 1.20. The summed E-state index contributed by atoms with van der Waals surface area (Å²) in [5.41, 5.74) is 10.8. The van der Waals surface area contributed by atoms with Gasteiger partial charge in [-0.15, -0.1) is 0 Å². The number of anilines is 2. The molecule has 13 heteroatoms. The molecule has 0 saturated heterocycles. The maximum absolute atomic E-state index is 14.2. The highest BCUT2D eigenvalue weighted by atomic mass is 32.1. The van der Waals surface area contributed by atoms with Crippen LogP contribution in [0, 0.1) is 5.82 Å². The van der Waals surface area contributed by atoms with Crippen LogP contribution in [0.3, 0.4) is 0 Å². The van der Waals surface area contributed by atoms with Gasteiger partial charge in [-0.1, -0.05) is 18.2 Å². The molecule has 36 heavy (non-hydrogen) atoms. The molecular weight excluding hydrogens is 493 g/mol. The molecule has 3 aromatic rings. The van der Waals surface area contributed by atoms with E-state index < -0.39 is 42.1 Å². The lowest BCUT2D eigenvalue weighted by Crippen LogP contribution is -2.45. The van der Waals surface area contributed by atoms with Gasteiger partial charge in [-0.25, -0.2) is 4.39 Å². The monoisotopic (exact) mass is 515 g/mol. The fourth-order valence-electron chi connectivity index (χ4n) is 3.29. The molecule has 2 aromatic carbocycles. The van der Waals surface area contributed by atoms with Gasteiger partial charge in [0.2, 0.25) is 5.91 Å². The number of phenolic OH excluding ortho intramolecular Hbond substituents is 1. The summed E-state index contributed by atoms with van der Waals surface area (Å²) >= 11 is 0.585. The van der Waals surface area contributed by atoms with Crippen molar-refractivity contribution in [1.29, 1.82) is 0 Å². The van der Waals surface area contributed by atoms with E-state index in [1.807, 2.05) is 0 Å². The molecule has 6 N–H and O–H groups in total. The minimum absolute atomic E-state index is 0.0298. The van der Waals surface area contributed by atoms with E-state index in [-0.39, 0.29) is 39.9 Å². The van der Waals surface area contributed by atoms with E-state index >= 15 is 0 Å². The number of carbonyl (C=O) groups is 4. The van der Waals surface area contributed by atoms with E-state index in [4.69, 9.17) is 16.2 Å². The molecular formula is C23H22FN5O6S. The van der Waals surface area contributed by atoms with Crippen molar-refractivity contribution in [3.8, 4) is 5.75 Å². The Labute approximate surface area is 208 Å². The van der Waals surface area contributed by atoms with Crippen LogP contribution in [-0.4, -0.2) is 46.3 Å². The maximum Gasteiger partial charge on any atom is 0.325 e. The third kappa shape index (κ3) is 5.75. The first kappa shape index (κ1) is 26.1. The summed E-state index contributed by atoms with van der Waals surface area (Å²) in [4.78, 5) is 51.3. The number of esters is 1. The predicted octanol–water partition coefficient (Wildman–Crippen LogP) is 1.74. The summed E-state index contributed by atoms with van der Waals surface area (Å²) in [5.74, 6) is -4.17. The second-order valence-corrected chi connectivity index (χ2v) is 8.08. The van der Waals surface area contributed by atoms with Crippen molar-refractivity contribution in [2.24, 2.45) is 5.73 Å². The highest BCUT2D eigenvalue weighted by Gasteiger charge is 2.36. The average molecular weight is 516 g/mol. The van der Waals surface area contributed by atoms with Crippen LogP contribution in [0.25, 0.3) is 0 Å². The topological polar surface area (TPSA) is 178 Å². The van der Waals surface area contributed by atoms with E-state index in [2.05, 4.69) is 9.69 Å². The number of aromatic nitrogens is 1. The van der Waals surface area contributed by atoms with Crippen molar-refractivity contribution in [1.82, 2.24) is 9.69 Å². The summed E-state index contributed by atoms with van der Waals surface area (Å²) in [6, 6.07) is 8.78.